The summed E-state index contributed by atoms with van der Waals surface area (Å²) in [5.41, 5.74) is 1.72. The summed E-state index contributed by atoms with van der Waals surface area (Å²) in [6.45, 7) is 2.62. The van der Waals surface area contributed by atoms with Crippen LogP contribution in [0.1, 0.15) is 30.6 Å². The standard InChI is InChI=1S/C19H19ClN6OS/c1-2-4-15-11-17(27)26-19(23-15)28-18(24-26)21-12-16(25-10-3-9-22-25)13-5-7-14(20)8-6-13/h3,5-11,16H,2,4,12H2,1H3,(H,21,24). The summed E-state index contributed by atoms with van der Waals surface area (Å²) in [7, 11) is 0. The molecule has 1 N–H and O–H groups in total. The van der Waals surface area contributed by atoms with Gasteiger partial charge in [-0.15, -0.1) is 5.10 Å². The first-order valence-electron chi connectivity index (χ1n) is 9.02. The zero-order chi connectivity index (χ0) is 19.5. The van der Waals surface area contributed by atoms with E-state index in [0.29, 0.717) is 21.7 Å². The molecule has 144 valence electrons. The Balaban J connectivity index is 1.59. The number of nitrogens with zero attached hydrogens (tertiary/aromatic N) is 5. The maximum absolute atomic E-state index is 12.3. The fourth-order valence-corrected chi connectivity index (χ4v) is 3.97. The molecular formula is C19H19ClN6OS. The van der Waals surface area contributed by atoms with E-state index in [1.165, 1.54) is 15.9 Å². The van der Waals surface area contributed by atoms with Gasteiger partial charge >= 0.3 is 0 Å². The average Bonchev–Trinajstić information content (AvgIpc) is 3.34. The molecule has 1 atom stereocenters. The Morgan fingerprint density at radius 1 is 1.29 bits per heavy atom. The van der Waals surface area contributed by atoms with E-state index >= 15 is 0 Å². The van der Waals surface area contributed by atoms with Crippen LogP contribution in [0, 0.1) is 0 Å². The minimum atomic E-state index is -0.154. The third-order valence-electron chi connectivity index (χ3n) is 4.35. The molecular weight excluding hydrogens is 396 g/mol. The number of nitrogens with one attached hydrogen (secondary N) is 1. The first kappa shape index (κ1) is 18.6. The molecule has 0 fully saturated rings. The highest BCUT2D eigenvalue weighted by Gasteiger charge is 2.16. The first-order valence-corrected chi connectivity index (χ1v) is 10.2. The van der Waals surface area contributed by atoms with Gasteiger partial charge in [-0.3, -0.25) is 9.48 Å². The molecule has 0 spiro atoms. The number of hydrogen-bond donors (Lipinski definition) is 1. The average molecular weight is 415 g/mol. The smallest absolute Gasteiger partial charge is 0.275 e. The summed E-state index contributed by atoms with van der Waals surface area (Å²) < 4.78 is 3.23. The van der Waals surface area contributed by atoms with E-state index in [9.17, 15) is 4.79 Å². The van der Waals surface area contributed by atoms with Crippen molar-refractivity contribution in [3.05, 3.63) is 75.4 Å². The number of benzene rings is 1. The molecule has 0 aliphatic heterocycles. The van der Waals surface area contributed by atoms with Crippen molar-refractivity contribution in [3.8, 4) is 0 Å². The first-order chi connectivity index (χ1) is 13.6. The van der Waals surface area contributed by atoms with Crippen molar-refractivity contribution in [2.45, 2.75) is 25.8 Å². The number of fused-ring (bicyclic) bond motifs is 1. The molecule has 28 heavy (non-hydrogen) atoms. The Morgan fingerprint density at radius 3 is 2.82 bits per heavy atom. The topological polar surface area (TPSA) is 77.1 Å². The van der Waals surface area contributed by atoms with Gasteiger partial charge in [-0.05, 0) is 30.2 Å². The van der Waals surface area contributed by atoms with Crippen molar-refractivity contribution < 1.29 is 0 Å². The minimum Gasteiger partial charge on any atom is -0.358 e. The summed E-state index contributed by atoms with van der Waals surface area (Å²) in [4.78, 5) is 17.4. The number of hydrogen-bond acceptors (Lipinski definition) is 6. The van der Waals surface area contributed by atoms with Crippen LogP contribution < -0.4 is 10.9 Å². The van der Waals surface area contributed by atoms with Crippen LogP contribution in [0.4, 0.5) is 5.13 Å². The van der Waals surface area contributed by atoms with Gasteiger partial charge in [0.2, 0.25) is 10.1 Å². The van der Waals surface area contributed by atoms with E-state index in [2.05, 4.69) is 27.4 Å². The van der Waals surface area contributed by atoms with E-state index in [0.717, 1.165) is 24.1 Å². The second kappa shape index (κ2) is 8.12. The van der Waals surface area contributed by atoms with E-state index in [-0.39, 0.29) is 11.6 Å². The molecule has 3 heterocycles. The molecule has 0 aliphatic carbocycles. The third-order valence-corrected chi connectivity index (χ3v) is 5.47. The van der Waals surface area contributed by atoms with Crippen LogP contribution >= 0.6 is 22.9 Å². The maximum Gasteiger partial charge on any atom is 0.275 e. The lowest BCUT2D eigenvalue weighted by Crippen LogP contribution is -2.21. The van der Waals surface area contributed by atoms with E-state index in [4.69, 9.17) is 11.6 Å². The van der Waals surface area contributed by atoms with Crippen LogP contribution in [0.2, 0.25) is 5.02 Å². The van der Waals surface area contributed by atoms with Crippen LogP contribution in [-0.4, -0.2) is 30.9 Å². The zero-order valence-electron chi connectivity index (χ0n) is 15.2. The fraction of sp³-hybridized carbons (Fsp3) is 0.263. The molecule has 7 nitrogen and oxygen atoms in total. The molecule has 1 aromatic carbocycles. The molecule has 0 saturated carbocycles. The predicted octanol–water partition coefficient (Wildman–Crippen LogP) is 3.65. The van der Waals surface area contributed by atoms with Gasteiger partial charge in [-0.2, -0.15) is 9.61 Å². The van der Waals surface area contributed by atoms with Crippen LogP contribution in [-0.2, 0) is 6.42 Å². The third kappa shape index (κ3) is 3.93. The largest absolute Gasteiger partial charge is 0.358 e. The highest BCUT2D eigenvalue weighted by atomic mass is 35.5. The minimum absolute atomic E-state index is 0.0420. The molecule has 1 unspecified atom stereocenters. The molecule has 9 heteroatoms. The number of halogens is 1. The monoisotopic (exact) mass is 414 g/mol. The van der Waals surface area contributed by atoms with Crippen LogP contribution in [0.3, 0.4) is 0 Å². The van der Waals surface area contributed by atoms with E-state index < -0.39 is 0 Å². The summed E-state index contributed by atoms with van der Waals surface area (Å²) in [6.07, 6.45) is 5.39. The van der Waals surface area contributed by atoms with Gasteiger partial charge in [-0.1, -0.05) is 48.4 Å². The molecule has 0 radical (unpaired) electrons. The van der Waals surface area contributed by atoms with Crippen molar-refractivity contribution in [3.63, 3.8) is 0 Å². The molecule has 3 aromatic heterocycles. The number of aryl methyl sites for hydroxylation is 1. The van der Waals surface area contributed by atoms with Gasteiger partial charge in [0.1, 0.15) is 0 Å². The van der Waals surface area contributed by atoms with Crippen molar-refractivity contribution >= 4 is 33.0 Å². The summed E-state index contributed by atoms with van der Waals surface area (Å²) in [6, 6.07) is 11.1. The number of rotatable bonds is 7. The maximum atomic E-state index is 12.3. The number of aromatic nitrogens is 5. The summed E-state index contributed by atoms with van der Waals surface area (Å²) in [5, 5.41) is 13.4. The van der Waals surface area contributed by atoms with Crippen molar-refractivity contribution in [2.75, 3.05) is 11.9 Å². The summed E-state index contributed by atoms with van der Waals surface area (Å²) in [5.74, 6) is 0. The molecule has 0 aliphatic rings. The van der Waals surface area contributed by atoms with Crippen molar-refractivity contribution in [1.29, 1.82) is 0 Å². The lowest BCUT2D eigenvalue weighted by Gasteiger charge is -2.18. The van der Waals surface area contributed by atoms with Gasteiger partial charge in [0, 0.05) is 35.7 Å². The molecule has 0 saturated heterocycles. The lowest BCUT2D eigenvalue weighted by molar-refractivity contribution is 0.543. The lowest BCUT2D eigenvalue weighted by atomic mass is 10.1. The second-order valence-corrected chi connectivity index (χ2v) is 7.76. The Bertz CT molecular complexity index is 1120. The van der Waals surface area contributed by atoms with Gasteiger partial charge in [0.05, 0.1) is 6.04 Å². The highest BCUT2D eigenvalue weighted by molar-refractivity contribution is 7.20. The Labute approximate surface area is 170 Å². The van der Waals surface area contributed by atoms with E-state index in [1.807, 2.05) is 41.2 Å². The zero-order valence-corrected chi connectivity index (χ0v) is 16.8. The molecule has 4 rings (SSSR count). The Hall–Kier alpha value is -2.71. The second-order valence-electron chi connectivity index (χ2n) is 6.37. The van der Waals surface area contributed by atoms with Gasteiger partial charge in [0.15, 0.2) is 0 Å². The highest BCUT2D eigenvalue weighted by Crippen LogP contribution is 2.23. The molecule has 0 bridgehead atoms. The predicted molar refractivity (Wildman–Crippen MR) is 111 cm³/mol. The van der Waals surface area contributed by atoms with Crippen LogP contribution in [0.25, 0.3) is 4.96 Å². The van der Waals surface area contributed by atoms with Crippen LogP contribution in [0.5, 0.6) is 0 Å². The number of anilines is 1. The quantitative estimate of drug-likeness (QED) is 0.499. The fourth-order valence-electron chi connectivity index (χ4n) is 3.01. The van der Waals surface area contributed by atoms with Crippen molar-refractivity contribution in [1.82, 2.24) is 24.4 Å². The molecule has 4 aromatic rings. The van der Waals surface area contributed by atoms with Gasteiger partial charge in [-0.25, -0.2) is 4.98 Å². The summed E-state index contributed by atoms with van der Waals surface area (Å²) >= 11 is 7.39. The van der Waals surface area contributed by atoms with Crippen LogP contribution in [0.15, 0.2) is 53.6 Å². The van der Waals surface area contributed by atoms with Gasteiger partial charge < -0.3 is 5.32 Å². The Morgan fingerprint density at radius 2 is 2.11 bits per heavy atom. The molecule has 0 amide bonds. The van der Waals surface area contributed by atoms with Crippen molar-refractivity contribution in [2.24, 2.45) is 0 Å². The van der Waals surface area contributed by atoms with Gasteiger partial charge in [0.25, 0.3) is 5.56 Å². The SMILES string of the molecule is CCCc1cc(=O)n2nc(NCC(c3ccc(Cl)cc3)n3cccn3)sc2n1. The van der Waals surface area contributed by atoms with E-state index in [1.54, 1.807) is 12.3 Å². The normalized spacial score (nSPS) is 12.4. The Kier molecular flexibility index (Phi) is 5.40.